The van der Waals surface area contributed by atoms with Crippen molar-refractivity contribution in [3.8, 4) is 0 Å². The number of carbonyl (C=O) groups excluding carboxylic acids is 1. The Kier molecular flexibility index (Phi) is 4.63. The van der Waals surface area contributed by atoms with E-state index in [4.69, 9.17) is 23.2 Å². The molecule has 0 spiro atoms. The molecule has 0 aliphatic rings. The Morgan fingerprint density at radius 1 is 1.15 bits per heavy atom. The first-order valence-corrected chi connectivity index (χ1v) is 6.92. The number of nitrogens with one attached hydrogen (secondary N) is 1. The van der Waals surface area contributed by atoms with Crippen molar-refractivity contribution in [2.75, 3.05) is 5.32 Å². The average molecular weight is 310 g/mol. The quantitative estimate of drug-likeness (QED) is 0.864. The Bertz CT molecular complexity index is 636. The number of hydrogen-bond acceptors (Lipinski definition) is 1. The van der Waals surface area contributed by atoms with Gasteiger partial charge in [0, 0.05) is 16.1 Å². The van der Waals surface area contributed by atoms with Crippen molar-refractivity contribution in [2.45, 2.75) is 20.4 Å². The molecule has 5 heteroatoms. The molecule has 1 N–H and O–H groups in total. The van der Waals surface area contributed by atoms with Crippen LogP contribution >= 0.6 is 23.2 Å². The lowest BCUT2D eigenvalue weighted by molar-refractivity contribution is -0.684. The van der Waals surface area contributed by atoms with Gasteiger partial charge < -0.3 is 5.32 Å². The van der Waals surface area contributed by atoms with Crippen molar-refractivity contribution in [2.24, 2.45) is 0 Å². The van der Waals surface area contributed by atoms with E-state index in [0.29, 0.717) is 15.7 Å². The second kappa shape index (κ2) is 6.25. The highest BCUT2D eigenvalue weighted by Crippen LogP contribution is 2.25. The number of anilines is 1. The smallest absolute Gasteiger partial charge is 0.290 e. The van der Waals surface area contributed by atoms with Crippen LogP contribution in [0.2, 0.25) is 10.0 Å². The lowest BCUT2D eigenvalue weighted by Crippen LogP contribution is -2.40. The molecule has 0 radical (unpaired) electrons. The normalized spacial score (nSPS) is 10.4. The zero-order chi connectivity index (χ0) is 14.7. The summed E-state index contributed by atoms with van der Waals surface area (Å²) < 4.78 is 1.85. The monoisotopic (exact) mass is 309 g/mol. The number of nitrogens with zero attached hydrogens (tertiary/aromatic N) is 1. The standard InChI is InChI=1S/C15H14Cl2N2O/c1-10-5-11(2)8-19(7-10)9-15(20)18-14-6-12(16)3-4-13(14)17/h3-8H,9H2,1-2H3/p+1. The summed E-state index contributed by atoms with van der Waals surface area (Å²) in [6, 6.07) is 7.03. The van der Waals surface area contributed by atoms with Gasteiger partial charge in [-0.1, -0.05) is 23.2 Å². The number of amides is 1. The molecule has 1 heterocycles. The third kappa shape index (κ3) is 3.95. The van der Waals surface area contributed by atoms with Crippen molar-refractivity contribution in [3.05, 3.63) is 57.8 Å². The molecule has 2 rings (SSSR count). The molecule has 3 nitrogen and oxygen atoms in total. The molecule has 0 bridgehead atoms. The second-order valence-corrected chi connectivity index (χ2v) is 5.58. The molecule has 0 fully saturated rings. The molecular formula is C15H15Cl2N2O+. The van der Waals surface area contributed by atoms with Crippen LogP contribution in [0.25, 0.3) is 0 Å². The van der Waals surface area contributed by atoms with Gasteiger partial charge >= 0.3 is 0 Å². The summed E-state index contributed by atoms with van der Waals surface area (Å²) >= 11 is 11.9. The Hall–Kier alpha value is -1.58. The van der Waals surface area contributed by atoms with E-state index < -0.39 is 0 Å². The number of pyridine rings is 1. The molecular weight excluding hydrogens is 295 g/mol. The summed E-state index contributed by atoms with van der Waals surface area (Å²) in [4.78, 5) is 12.0. The molecule has 2 aromatic rings. The molecule has 0 atom stereocenters. The fourth-order valence-electron chi connectivity index (χ4n) is 2.03. The largest absolute Gasteiger partial charge is 0.319 e. The number of aryl methyl sites for hydroxylation is 2. The number of aromatic nitrogens is 1. The summed E-state index contributed by atoms with van der Waals surface area (Å²) in [5, 5.41) is 3.76. The minimum absolute atomic E-state index is 0.149. The van der Waals surface area contributed by atoms with E-state index in [1.54, 1.807) is 18.2 Å². The highest BCUT2D eigenvalue weighted by molar-refractivity contribution is 6.35. The highest BCUT2D eigenvalue weighted by atomic mass is 35.5. The van der Waals surface area contributed by atoms with Crippen LogP contribution in [0.5, 0.6) is 0 Å². The number of hydrogen-bond donors (Lipinski definition) is 1. The molecule has 20 heavy (non-hydrogen) atoms. The average Bonchev–Trinajstić information content (AvgIpc) is 2.32. The molecule has 104 valence electrons. The lowest BCUT2D eigenvalue weighted by atomic mass is 10.2. The summed E-state index contributed by atoms with van der Waals surface area (Å²) in [6.07, 6.45) is 3.85. The second-order valence-electron chi connectivity index (χ2n) is 4.74. The maximum Gasteiger partial charge on any atom is 0.290 e. The van der Waals surface area contributed by atoms with Crippen LogP contribution < -0.4 is 9.88 Å². The van der Waals surface area contributed by atoms with E-state index in [-0.39, 0.29) is 12.5 Å². The van der Waals surface area contributed by atoms with E-state index in [9.17, 15) is 4.79 Å². The zero-order valence-electron chi connectivity index (χ0n) is 11.3. The van der Waals surface area contributed by atoms with Gasteiger partial charge in [0.25, 0.3) is 5.91 Å². The number of carbonyl (C=O) groups is 1. The fraction of sp³-hybridized carbons (Fsp3) is 0.200. The molecule has 0 saturated carbocycles. The van der Waals surface area contributed by atoms with Crippen molar-refractivity contribution in [3.63, 3.8) is 0 Å². The van der Waals surface area contributed by atoms with Crippen LogP contribution in [0.4, 0.5) is 5.69 Å². The maximum absolute atomic E-state index is 12.0. The van der Waals surface area contributed by atoms with Crippen LogP contribution in [0, 0.1) is 13.8 Å². The minimum Gasteiger partial charge on any atom is -0.319 e. The predicted octanol–water partition coefficient (Wildman–Crippen LogP) is 3.54. The van der Waals surface area contributed by atoms with Crippen molar-refractivity contribution in [1.82, 2.24) is 0 Å². The minimum atomic E-state index is -0.149. The van der Waals surface area contributed by atoms with E-state index >= 15 is 0 Å². The van der Waals surface area contributed by atoms with Gasteiger partial charge in [0.1, 0.15) is 0 Å². The van der Waals surface area contributed by atoms with Gasteiger partial charge in [0.2, 0.25) is 6.54 Å². The molecule has 1 amide bonds. The van der Waals surface area contributed by atoms with Gasteiger partial charge in [-0.3, -0.25) is 4.79 Å². The van der Waals surface area contributed by atoms with Crippen LogP contribution in [0.15, 0.2) is 36.7 Å². The first-order valence-electron chi connectivity index (χ1n) is 6.16. The van der Waals surface area contributed by atoms with Crippen LogP contribution in [-0.2, 0) is 11.3 Å². The number of halogens is 2. The van der Waals surface area contributed by atoms with Crippen LogP contribution in [0.1, 0.15) is 11.1 Å². The van der Waals surface area contributed by atoms with Crippen molar-refractivity contribution < 1.29 is 9.36 Å². The number of rotatable bonds is 3. The van der Waals surface area contributed by atoms with Crippen LogP contribution in [0.3, 0.4) is 0 Å². The van der Waals surface area contributed by atoms with E-state index in [1.165, 1.54) is 0 Å². The van der Waals surface area contributed by atoms with Crippen molar-refractivity contribution >= 4 is 34.8 Å². The van der Waals surface area contributed by atoms with Crippen LogP contribution in [-0.4, -0.2) is 5.91 Å². The first kappa shape index (κ1) is 14.8. The molecule has 0 saturated heterocycles. The number of benzene rings is 1. The highest BCUT2D eigenvalue weighted by Gasteiger charge is 2.12. The molecule has 1 aromatic carbocycles. The van der Waals surface area contributed by atoms with Crippen molar-refractivity contribution in [1.29, 1.82) is 0 Å². The van der Waals surface area contributed by atoms with E-state index in [1.807, 2.05) is 30.8 Å². The third-order valence-corrected chi connectivity index (χ3v) is 3.29. The summed E-state index contributed by atoms with van der Waals surface area (Å²) in [5.41, 5.74) is 2.74. The Balaban J connectivity index is 2.11. The summed E-state index contributed by atoms with van der Waals surface area (Å²) in [6.45, 7) is 4.22. The fourth-order valence-corrected chi connectivity index (χ4v) is 2.37. The Morgan fingerprint density at radius 2 is 1.80 bits per heavy atom. The van der Waals surface area contributed by atoms with E-state index in [2.05, 4.69) is 11.4 Å². The SMILES string of the molecule is Cc1cc(C)c[n+](CC(=O)Nc2cc(Cl)ccc2Cl)c1. The zero-order valence-corrected chi connectivity index (χ0v) is 12.8. The summed E-state index contributed by atoms with van der Waals surface area (Å²) in [5.74, 6) is -0.149. The van der Waals surface area contributed by atoms with Gasteiger partial charge in [-0.25, -0.2) is 0 Å². The first-order chi connectivity index (χ1) is 9.44. The Morgan fingerprint density at radius 3 is 2.45 bits per heavy atom. The third-order valence-electron chi connectivity index (χ3n) is 2.72. The Labute approximate surface area is 128 Å². The lowest BCUT2D eigenvalue weighted by Gasteiger charge is -2.06. The van der Waals surface area contributed by atoms with Gasteiger partial charge in [0.05, 0.1) is 10.7 Å². The summed E-state index contributed by atoms with van der Waals surface area (Å²) in [7, 11) is 0. The van der Waals surface area contributed by atoms with Gasteiger partial charge in [-0.15, -0.1) is 0 Å². The molecule has 0 aliphatic carbocycles. The molecule has 0 aliphatic heterocycles. The van der Waals surface area contributed by atoms with Gasteiger partial charge in [0.15, 0.2) is 12.4 Å². The molecule has 0 unspecified atom stereocenters. The van der Waals surface area contributed by atoms with Gasteiger partial charge in [-0.2, -0.15) is 4.57 Å². The topological polar surface area (TPSA) is 33.0 Å². The van der Waals surface area contributed by atoms with E-state index in [0.717, 1.165) is 11.1 Å². The molecule has 1 aromatic heterocycles. The van der Waals surface area contributed by atoms with Gasteiger partial charge in [-0.05, 0) is 38.1 Å². The maximum atomic E-state index is 12.0. The predicted molar refractivity (Wildman–Crippen MR) is 81.2 cm³/mol.